The van der Waals surface area contributed by atoms with Gasteiger partial charge in [-0.2, -0.15) is 9.97 Å². The fourth-order valence-electron chi connectivity index (χ4n) is 2.90. The predicted molar refractivity (Wildman–Crippen MR) is 98.9 cm³/mol. The highest BCUT2D eigenvalue weighted by atomic mass is 35.5. The Kier molecular flexibility index (Phi) is 5.29. The summed E-state index contributed by atoms with van der Waals surface area (Å²) < 4.78 is 10.6. The number of nitrogens with zero attached hydrogens (tertiary/aromatic N) is 3. The summed E-state index contributed by atoms with van der Waals surface area (Å²) in [6, 6.07) is 7.26. The fourth-order valence-corrected chi connectivity index (χ4v) is 3.03. The molecule has 0 radical (unpaired) electrons. The zero-order valence-electron chi connectivity index (χ0n) is 14.5. The molecule has 0 bridgehead atoms. The molecule has 4 rings (SSSR count). The van der Waals surface area contributed by atoms with Crippen LogP contribution in [-0.4, -0.2) is 66.5 Å². The van der Waals surface area contributed by atoms with Gasteiger partial charge in [0.2, 0.25) is 0 Å². The number of aromatic amines is 1. The number of H-pyrrole nitrogens is 1. The third kappa shape index (κ3) is 3.73. The van der Waals surface area contributed by atoms with E-state index in [1.165, 1.54) is 6.33 Å². The highest BCUT2D eigenvalue weighted by Gasteiger charge is 2.45. The topological polar surface area (TPSA) is 146 Å². The lowest BCUT2D eigenvalue weighted by molar-refractivity contribution is -0.129. The van der Waals surface area contributed by atoms with Gasteiger partial charge in [-0.15, -0.1) is 0 Å². The number of rotatable bonds is 6. The van der Waals surface area contributed by atoms with Crippen LogP contribution in [0.3, 0.4) is 0 Å². The zero-order chi connectivity index (χ0) is 19.7. The molecule has 4 atom stereocenters. The average molecular weight is 408 g/mol. The Morgan fingerprint density at radius 3 is 2.71 bits per heavy atom. The lowest BCUT2D eigenvalue weighted by Crippen LogP contribution is -2.39. The Hall–Kier alpha value is -2.50. The van der Waals surface area contributed by atoms with Crippen LogP contribution < -0.4 is 10.1 Å². The minimum absolute atomic E-state index is 0.0940. The Bertz CT molecular complexity index is 953. The molecule has 11 heteroatoms. The number of aromatic nitrogens is 4. The van der Waals surface area contributed by atoms with Crippen LogP contribution in [0.25, 0.3) is 11.2 Å². The summed E-state index contributed by atoms with van der Waals surface area (Å²) in [5, 5.41) is 33.0. The van der Waals surface area contributed by atoms with E-state index in [-0.39, 0.29) is 6.01 Å². The molecule has 0 unspecified atom stereocenters. The second-order valence-corrected chi connectivity index (χ2v) is 6.69. The standard InChI is InChI=1S/C17H18ClN5O5/c18-9-3-1-8(2-4-9)5-19-14-11-15(21-7-20-11)23-17(22-14)28-13-12(25)10(6-24)27-16(13)26/h1-4,7,10,12-13,16,24-26H,5-6H2,(H2,19,20,21,22,23)/t10-,12-,13+,16-/m1/s1. The van der Waals surface area contributed by atoms with Gasteiger partial charge in [-0.3, -0.25) is 0 Å². The SMILES string of the molecule is OC[C@H]1O[C@@H](O)[C@@H](Oc2nc(NCc3ccc(Cl)cc3)c3[nH]cnc3n2)[C@@H]1O. The molecule has 1 fully saturated rings. The van der Waals surface area contributed by atoms with Gasteiger partial charge in [0.15, 0.2) is 23.9 Å². The first-order valence-corrected chi connectivity index (χ1v) is 8.91. The van der Waals surface area contributed by atoms with E-state index >= 15 is 0 Å². The highest BCUT2D eigenvalue weighted by molar-refractivity contribution is 6.30. The summed E-state index contributed by atoms with van der Waals surface area (Å²) in [4.78, 5) is 15.5. The summed E-state index contributed by atoms with van der Waals surface area (Å²) in [7, 11) is 0. The normalized spacial score (nSPS) is 24.6. The van der Waals surface area contributed by atoms with Crippen molar-refractivity contribution in [2.24, 2.45) is 0 Å². The van der Waals surface area contributed by atoms with E-state index in [0.717, 1.165) is 5.56 Å². The molecule has 0 amide bonds. The molecule has 5 N–H and O–H groups in total. The molecule has 148 valence electrons. The van der Waals surface area contributed by atoms with Crippen molar-refractivity contribution in [1.29, 1.82) is 0 Å². The van der Waals surface area contributed by atoms with Crippen molar-refractivity contribution in [1.82, 2.24) is 19.9 Å². The van der Waals surface area contributed by atoms with Crippen molar-refractivity contribution >= 4 is 28.6 Å². The van der Waals surface area contributed by atoms with E-state index in [0.29, 0.717) is 28.5 Å². The summed E-state index contributed by atoms with van der Waals surface area (Å²) in [6.45, 7) is 0.0113. The number of benzene rings is 1. The van der Waals surface area contributed by atoms with Crippen LogP contribution in [0.2, 0.25) is 5.02 Å². The van der Waals surface area contributed by atoms with Gasteiger partial charge in [-0.1, -0.05) is 23.7 Å². The van der Waals surface area contributed by atoms with Gasteiger partial charge in [0.05, 0.1) is 12.9 Å². The van der Waals surface area contributed by atoms with Crippen molar-refractivity contribution in [2.75, 3.05) is 11.9 Å². The number of aliphatic hydroxyl groups excluding tert-OH is 3. The number of fused-ring (bicyclic) bond motifs is 1. The van der Waals surface area contributed by atoms with Gasteiger partial charge in [-0.25, -0.2) is 4.98 Å². The molecule has 0 spiro atoms. The van der Waals surface area contributed by atoms with Gasteiger partial charge < -0.3 is 35.1 Å². The third-order valence-corrected chi connectivity index (χ3v) is 4.62. The van der Waals surface area contributed by atoms with Gasteiger partial charge in [0, 0.05) is 11.6 Å². The van der Waals surface area contributed by atoms with Crippen molar-refractivity contribution in [3.63, 3.8) is 0 Å². The Morgan fingerprint density at radius 2 is 2.00 bits per heavy atom. The van der Waals surface area contributed by atoms with Gasteiger partial charge >= 0.3 is 6.01 Å². The molecule has 1 saturated heterocycles. The second-order valence-electron chi connectivity index (χ2n) is 6.26. The maximum atomic E-state index is 10.1. The monoisotopic (exact) mass is 407 g/mol. The van der Waals surface area contributed by atoms with E-state index in [2.05, 4.69) is 25.3 Å². The average Bonchev–Trinajstić information content (AvgIpc) is 3.27. The fraction of sp³-hybridized carbons (Fsp3) is 0.353. The number of anilines is 1. The molecule has 3 aromatic rings. The molecule has 1 aliphatic rings. The Balaban J connectivity index is 1.56. The maximum Gasteiger partial charge on any atom is 0.321 e. The highest BCUT2D eigenvalue weighted by Crippen LogP contribution is 2.26. The maximum absolute atomic E-state index is 10.1. The van der Waals surface area contributed by atoms with Crippen LogP contribution in [-0.2, 0) is 11.3 Å². The van der Waals surface area contributed by atoms with Crippen molar-refractivity contribution in [3.05, 3.63) is 41.2 Å². The summed E-state index contributed by atoms with van der Waals surface area (Å²) >= 11 is 5.90. The van der Waals surface area contributed by atoms with Crippen molar-refractivity contribution in [3.8, 4) is 6.01 Å². The predicted octanol–water partition coefficient (Wildman–Crippen LogP) is 0.436. The van der Waals surface area contributed by atoms with E-state index < -0.39 is 31.2 Å². The largest absolute Gasteiger partial charge is 0.452 e. The lowest BCUT2D eigenvalue weighted by Gasteiger charge is -2.18. The first kappa shape index (κ1) is 18.8. The molecular weight excluding hydrogens is 390 g/mol. The first-order valence-electron chi connectivity index (χ1n) is 8.53. The number of ether oxygens (including phenoxy) is 2. The van der Waals surface area contributed by atoms with Crippen LogP contribution in [0.15, 0.2) is 30.6 Å². The smallest absolute Gasteiger partial charge is 0.321 e. The molecule has 10 nitrogen and oxygen atoms in total. The quantitative estimate of drug-likeness (QED) is 0.392. The van der Waals surface area contributed by atoms with Gasteiger partial charge in [0.1, 0.15) is 17.7 Å². The van der Waals surface area contributed by atoms with E-state index in [1.807, 2.05) is 12.1 Å². The molecule has 0 saturated carbocycles. The van der Waals surface area contributed by atoms with Crippen LogP contribution in [0.5, 0.6) is 6.01 Å². The van der Waals surface area contributed by atoms with E-state index in [9.17, 15) is 15.3 Å². The molecule has 3 heterocycles. The number of hydrogen-bond donors (Lipinski definition) is 5. The Labute approximate surface area is 164 Å². The molecule has 2 aromatic heterocycles. The molecular formula is C17H18ClN5O5. The molecule has 0 aliphatic carbocycles. The van der Waals surface area contributed by atoms with Gasteiger partial charge in [0.25, 0.3) is 0 Å². The number of aliphatic hydroxyl groups is 3. The van der Waals surface area contributed by atoms with Gasteiger partial charge in [-0.05, 0) is 17.7 Å². The van der Waals surface area contributed by atoms with Crippen LogP contribution in [0.4, 0.5) is 5.82 Å². The third-order valence-electron chi connectivity index (χ3n) is 4.37. The van der Waals surface area contributed by atoms with Crippen molar-refractivity contribution < 1.29 is 24.8 Å². The number of hydrogen-bond acceptors (Lipinski definition) is 9. The van der Waals surface area contributed by atoms with Crippen LogP contribution >= 0.6 is 11.6 Å². The molecule has 1 aliphatic heterocycles. The Morgan fingerprint density at radius 1 is 1.21 bits per heavy atom. The first-order chi connectivity index (χ1) is 13.5. The summed E-state index contributed by atoms with van der Waals surface area (Å²) in [5.74, 6) is 0.439. The zero-order valence-corrected chi connectivity index (χ0v) is 15.2. The number of nitrogens with one attached hydrogen (secondary N) is 2. The van der Waals surface area contributed by atoms with E-state index in [1.54, 1.807) is 12.1 Å². The minimum atomic E-state index is -1.42. The molecule has 1 aromatic carbocycles. The summed E-state index contributed by atoms with van der Waals surface area (Å²) in [5.41, 5.74) is 1.92. The molecule has 28 heavy (non-hydrogen) atoms. The van der Waals surface area contributed by atoms with E-state index in [4.69, 9.17) is 21.1 Å². The van der Waals surface area contributed by atoms with Crippen molar-refractivity contribution in [2.45, 2.75) is 31.1 Å². The second kappa shape index (κ2) is 7.86. The summed E-state index contributed by atoms with van der Waals surface area (Å²) in [6.07, 6.45) is -3.27. The lowest BCUT2D eigenvalue weighted by atomic mass is 10.1. The van der Waals surface area contributed by atoms with Crippen LogP contribution in [0, 0.1) is 0 Å². The number of halogens is 1. The number of imidazole rings is 1. The van der Waals surface area contributed by atoms with Crippen LogP contribution in [0.1, 0.15) is 5.56 Å². The minimum Gasteiger partial charge on any atom is -0.452 e.